The van der Waals surface area contributed by atoms with Crippen molar-refractivity contribution in [2.75, 3.05) is 7.11 Å². The van der Waals surface area contributed by atoms with E-state index in [1.165, 1.54) is 23.9 Å². The van der Waals surface area contributed by atoms with Crippen molar-refractivity contribution in [3.63, 3.8) is 0 Å². The first kappa shape index (κ1) is 26.3. The number of ether oxygens (including phenoxy) is 1. The van der Waals surface area contributed by atoms with Crippen molar-refractivity contribution in [2.45, 2.75) is 35.7 Å². The van der Waals surface area contributed by atoms with Crippen LogP contribution in [0.25, 0.3) is 5.69 Å². The van der Waals surface area contributed by atoms with E-state index < -0.39 is 21.0 Å². The molecule has 4 rings (SSSR count). The Morgan fingerprint density at radius 1 is 1.08 bits per heavy atom. The van der Waals surface area contributed by atoms with Crippen LogP contribution in [0.2, 0.25) is 0 Å². The SMILES string of the molecule is COc1cccc(CSc2nnc(C(C)NS(=O)(=O)c3ccc([N+](=O)[O-])cc3)n2-c2ccc(C)cc2)c1. The van der Waals surface area contributed by atoms with Gasteiger partial charge in [0.05, 0.1) is 23.0 Å². The minimum atomic E-state index is -3.98. The number of thioether (sulfide) groups is 1. The number of methoxy groups -OCH3 is 1. The maximum Gasteiger partial charge on any atom is 0.269 e. The van der Waals surface area contributed by atoms with E-state index in [1.54, 1.807) is 14.0 Å². The Morgan fingerprint density at radius 2 is 1.78 bits per heavy atom. The van der Waals surface area contributed by atoms with Crippen LogP contribution in [0.1, 0.15) is 29.9 Å². The maximum absolute atomic E-state index is 13.0. The number of hydrogen-bond donors (Lipinski definition) is 1. The standard InChI is InChI=1S/C25H25N5O5S2/c1-17-7-9-20(10-8-17)29-24(26-27-25(29)36-16-19-5-4-6-22(15-19)35-3)18(2)28-37(33,34)23-13-11-21(12-14-23)30(31)32/h4-15,18,28H,16H2,1-3H3. The van der Waals surface area contributed by atoms with Crippen molar-refractivity contribution in [2.24, 2.45) is 0 Å². The zero-order valence-corrected chi connectivity index (χ0v) is 22.0. The molecule has 4 aromatic rings. The molecule has 0 spiro atoms. The Morgan fingerprint density at radius 3 is 2.43 bits per heavy atom. The Kier molecular flexibility index (Phi) is 7.91. The fourth-order valence-corrected chi connectivity index (χ4v) is 5.71. The van der Waals surface area contributed by atoms with E-state index >= 15 is 0 Å². The van der Waals surface area contributed by atoms with Crippen LogP contribution in [0.15, 0.2) is 82.8 Å². The van der Waals surface area contributed by atoms with Crippen LogP contribution in [-0.4, -0.2) is 35.2 Å². The van der Waals surface area contributed by atoms with Gasteiger partial charge in [-0.1, -0.05) is 41.6 Å². The van der Waals surface area contributed by atoms with Gasteiger partial charge in [-0.05, 0) is 55.8 Å². The minimum absolute atomic E-state index is 0.0843. The van der Waals surface area contributed by atoms with Gasteiger partial charge in [0.1, 0.15) is 5.75 Å². The fourth-order valence-electron chi connectivity index (χ4n) is 3.60. The van der Waals surface area contributed by atoms with Gasteiger partial charge >= 0.3 is 0 Å². The number of benzene rings is 3. The number of nitro benzene ring substituents is 1. The van der Waals surface area contributed by atoms with Gasteiger partial charge in [-0.15, -0.1) is 10.2 Å². The van der Waals surface area contributed by atoms with E-state index in [2.05, 4.69) is 14.9 Å². The van der Waals surface area contributed by atoms with Gasteiger partial charge in [-0.2, -0.15) is 0 Å². The molecule has 192 valence electrons. The summed E-state index contributed by atoms with van der Waals surface area (Å²) in [7, 11) is -2.37. The summed E-state index contributed by atoms with van der Waals surface area (Å²) in [5.41, 5.74) is 2.72. The topological polar surface area (TPSA) is 129 Å². The molecule has 0 aliphatic rings. The molecule has 0 fully saturated rings. The number of nitro groups is 1. The molecule has 37 heavy (non-hydrogen) atoms. The highest BCUT2D eigenvalue weighted by molar-refractivity contribution is 7.98. The van der Waals surface area contributed by atoms with Gasteiger partial charge in [-0.3, -0.25) is 14.7 Å². The van der Waals surface area contributed by atoms with E-state index in [9.17, 15) is 18.5 Å². The van der Waals surface area contributed by atoms with Gasteiger partial charge in [-0.25, -0.2) is 13.1 Å². The quantitative estimate of drug-likeness (QED) is 0.172. The van der Waals surface area contributed by atoms with Crippen LogP contribution in [0.4, 0.5) is 5.69 Å². The van der Waals surface area contributed by atoms with Crippen LogP contribution < -0.4 is 9.46 Å². The molecule has 0 bridgehead atoms. The summed E-state index contributed by atoms with van der Waals surface area (Å²) in [5, 5.41) is 20.2. The number of hydrogen-bond acceptors (Lipinski definition) is 8. The lowest BCUT2D eigenvalue weighted by Crippen LogP contribution is -2.28. The molecule has 1 atom stereocenters. The number of aryl methyl sites for hydroxylation is 1. The van der Waals surface area contributed by atoms with E-state index in [1.807, 2.05) is 60.0 Å². The van der Waals surface area contributed by atoms with Crippen molar-refractivity contribution in [1.82, 2.24) is 19.5 Å². The lowest BCUT2D eigenvalue weighted by atomic mass is 10.2. The fraction of sp³-hybridized carbons (Fsp3) is 0.200. The third kappa shape index (κ3) is 6.16. The highest BCUT2D eigenvalue weighted by Crippen LogP contribution is 2.29. The lowest BCUT2D eigenvalue weighted by molar-refractivity contribution is -0.384. The molecule has 1 N–H and O–H groups in total. The number of rotatable bonds is 10. The second kappa shape index (κ2) is 11.1. The molecule has 0 saturated heterocycles. The number of nitrogens with zero attached hydrogens (tertiary/aromatic N) is 4. The lowest BCUT2D eigenvalue weighted by Gasteiger charge is -2.17. The predicted octanol–water partition coefficient (Wildman–Crippen LogP) is 4.82. The van der Waals surface area contributed by atoms with E-state index in [-0.39, 0.29) is 10.6 Å². The Bertz CT molecular complexity index is 1500. The zero-order chi connectivity index (χ0) is 26.6. The summed E-state index contributed by atoms with van der Waals surface area (Å²) in [4.78, 5) is 10.2. The second-order valence-electron chi connectivity index (χ2n) is 8.25. The van der Waals surface area contributed by atoms with Gasteiger partial charge in [0.25, 0.3) is 5.69 Å². The highest BCUT2D eigenvalue weighted by Gasteiger charge is 2.25. The Balaban J connectivity index is 1.63. The van der Waals surface area contributed by atoms with Crippen molar-refractivity contribution in [3.8, 4) is 11.4 Å². The predicted molar refractivity (Wildman–Crippen MR) is 140 cm³/mol. The monoisotopic (exact) mass is 539 g/mol. The van der Waals surface area contributed by atoms with Gasteiger partial charge < -0.3 is 4.74 Å². The molecule has 3 aromatic carbocycles. The summed E-state index contributed by atoms with van der Waals surface area (Å²) in [6.07, 6.45) is 0. The van der Waals surface area contributed by atoms with Gasteiger partial charge in [0, 0.05) is 23.6 Å². The molecule has 12 heteroatoms. The largest absolute Gasteiger partial charge is 0.497 e. The molecule has 0 aliphatic heterocycles. The van der Waals surface area contributed by atoms with Crippen molar-refractivity contribution in [3.05, 3.63) is 99.9 Å². The first-order valence-electron chi connectivity index (χ1n) is 11.2. The van der Waals surface area contributed by atoms with E-state index in [4.69, 9.17) is 4.74 Å². The van der Waals surface area contributed by atoms with Crippen molar-refractivity contribution < 1.29 is 18.1 Å². The third-order valence-corrected chi connectivity index (χ3v) is 8.09. The third-order valence-electron chi connectivity index (χ3n) is 5.53. The molecule has 1 heterocycles. The van der Waals surface area contributed by atoms with Crippen LogP contribution in [0.3, 0.4) is 0 Å². The molecule has 10 nitrogen and oxygen atoms in total. The molecular weight excluding hydrogens is 514 g/mol. The Labute approximate surface area is 218 Å². The summed E-state index contributed by atoms with van der Waals surface area (Å²) in [6.45, 7) is 3.66. The Hall–Kier alpha value is -3.74. The highest BCUT2D eigenvalue weighted by atomic mass is 32.2. The molecule has 1 unspecified atom stereocenters. The van der Waals surface area contributed by atoms with Crippen LogP contribution in [0.5, 0.6) is 5.75 Å². The number of aromatic nitrogens is 3. The molecule has 0 radical (unpaired) electrons. The number of sulfonamides is 1. The maximum atomic E-state index is 13.0. The summed E-state index contributed by atoms with van der Waals surface area (Å²) < 4.78 is 35.8. The molecular formula is C25H25N5O5S2. The van der Waals surface area contributed by atoms with Crippen LogP contribution in [0, 0.1) is 17.0 Å². The number of nitrogens with one attached hydrogen (secondary N) is 1. The average Bonchev–Trinajstić information content (AvgIpc) is 3.32. The summed E-state index contributed by atoms with van der Waals surface area (Å²) >= 11 is 1.47. The van der Waals surface area contributed by atoms with E-state index in [0.29, 0.717) is 16.7 Å². The number of non-ortho nitro benzene ring substituents is 1. The minimum Gasteiger partial charge on any atom is -0.497 e. The molecule has 1 aromatic heterocycles. The van der Waals surface area contributed by atoms with Gasteiger partial charge in [0.2, 0.25) is 10.0 Å². The van der Waals surface area contributed by atoms with E-state index in [0.717, 1.165) is 34.7 Å². The normalized spacial score (nSPS) is 12.3. The van der Waals surface area contributed by atoms with Gasteiger partial charge in [0.15, 0.2) is 11.0 Å². The van der Waals surface area contributed by atoms with Crippen LogP contribution in [-0.2, 0) is 15.8 Å². The van der Waals surface area contributed by atoms with Crippen molar-refractivity contribution in [1.29, 1.82) is 0 Å². The smallest absolute Gasteiger partial charge is 0.269 e. The zero-order valence-electron chi connectivity index (χ0n) is 20.4. The first-order chi connectivity index (χ1) is 17.7. The second-order valence-corrected chi connectivity index (χ2v) is 10.9. The molecule has 0 aliphatic carbocycles. The summed E-state index contributed by atoms with van der Waals surface area (Å²) in [5.74, 6) is 1.76. The first-order valence-corrected chi connectivity index (χ1v) is 13.7. The van der Waals surface area contributed by atoms with Crippen molar-refractivity contribution >= 4 is 27.5 Å². The van der Waals surface area contributed by atoms with Crippen LogP contribution >= 0.6 is 11.8 Å². The molecule has 0 amide bonds. The summed E-state index contributed by atoms with van der Waals surface area (Å²) in [6, 6.07) is 19.5. The molecule has 0 saturated carbocycles. The average molecular weight is 540 g/mol.